The molecule has 86 valence electrons. The van der Waals surface area contributed by atoms with E-state index in [9.17, 15) is 0 Å². The Hall–Kier alpha value is -1.42. The third-order valence-electron chi connectivity index (χ3n) is 2.47. The number of pyridine rings is 1. The first-order valence-corrected chi connectivity index (χ1v) is 5.34. The lowest BCUT2D eigenvalue weighted by Crippen LogP contribution is -2.13. The summed E-state index contributed by atoms with van der Waals surface area (Å²) in [6, 6.07) is 5.84. The van der Waals surface area contributed by atoms with Crippen LogP contribution in [0.4, 0.5) is 0 Å². The molecular formula is C12H16N2O2. The molecule has 0 N–H and O–H groups in total. The summed E-state index contributed by atoms with van der Waals surface area (Å²) in [4.78, 5) is 9.60. The summed E-state index contributed by atoms with van der Waals surface area (Å²) in [7, 11) is 0. The van der Waals surface area contributed by atoms with E-state index < -0.39 is 0 Å². The second kappa shape index (κ2) is 4.22. The van der Waals surface area contributed by atoms with E-state index in [0.717, 1.165) is 23.7 Å². The van der Waals surface area contributed by atoms with E-state index >= 15 is 0 Å². The zero-order chi connectivity index (χ0) is 11.6. The Morgan fingerprint density at radius 3 is 3.00 bits per heavy atom. The Kier molecular flexibility index (Phi) is 2.92. The normalized spacial score (nSPS) is 24.3. The molecule has 0 amide bonds. The third kappa shape index (κ3) is 2.79. The molecule has 16 heavy (non-hydrogen) atoms. The fraction of sp³-hybridized carbons (Fsp3) is 0.500. The van der Waals surface area contributed by atoms with Gasteiger partial charge in [-0.05, 0) is 32.9 Å². The van der Waals surface area contributed by atoms with Crippen LogP contribution in [0, 0.1) is 6.92 Å². The Balaban J connectivity index is 1.95. The highest BCUT2D eigenvalue weighted by Gasteiger charge is 2.40. The highest BCUT2D eigenvalue weighted by Crippen LogP contribution is 2.25. The first-order chi connectivity index (χ1) is 7.59. The molecule has 0 spiro atoms. The number of ether oxygens (including phenoxy) is 1. The minimum atomic E-state index is -0.121. The average Bonchev–Trinajstić information content (AvgIpc) is 2.96. The second-order valence-electron chi connectivity index (χ2n) is 4.35. The largest absolute Gasteiger partial charge is 0.392 e. The SMILES string of the molecule is CC(=NOCC1(C)CO1)c1cccc(C)n1. The molecule has 4 nitrogen and oxygen atoms in total. The summed E-state index contributed by atoms with van der Waals surface area (Å²) in [5.74, 6) is 0. The number of aromatic nitrogens is 1. The fourth-order valence-electron chi connectivity index (χ4n) is 1.26. The summed E-state index contributed by atoms with van der Waals surface area (Å²) in [5.41, 5.74) is 2.49. The van der Waals surface area contributed by atoms with E-state index in [0.29, 0.717) is 6.61 Å². The summed E-state index contributed by atoms with van der Waals surface area (Å²) in [6.45, 7) is 7.10. The predicted octanol–water partition coefficient (Wildman–Crippen LogP) is 1.92. The number of oxime groups is 1. The molecule has 2 rings (SSSR count). The van der Waals surface area contributed by atoms with Crippen molar-refractivity contribution in [3.05, 3.63) is 29.6 Å². The molecule has 1 aliphatic rings. The second-order valence-corrected chi connectivity index (χ2v) is 4.35. The van der Waals surface area contributed by atoms with Gasteiger partial charge >= 0.3 is 0 Å². The van der Waals surface area contributed by atoms with Gasteiger partial charge in [-0.25, -0.2) is 0 Å². The first kappa shape index (κ1) is 11.1. The van der Waals surface area contributed by atoms with Crippen LogP contribution in [0.15, 0.2) is 23.4 Å². The Bertz CT molecular complexity index is 411. The smallest absolute Gasteiger partial charge is 0.148 e. The van der Waals surface area contributed by atoms with Crippen LogP contribution in [0.25, 0.3) is 0 Å². The van der Waals surface area contributed by atoms with E-state index in [1.807, 2.05) is 39.0 Å². The number of rotatable bonds is 4. The summed E-state index contributed by atoms with van der Waals surface area (Å²) >= 11 is 0. The van der Waals surface area contributed by atoms with Crippen molar-refractivity contribution in [1.29, 1.82) is 0 Å². The van der Waals surface area contributed by atoms with Crippen LogP contribution in [0.3, 0.4) is 0 Å². The van der Waals surface area contributed by atoms with Crippen molar-refractivity contribution in [2.24, 2.45) is 5.16 Å². The molecule has 0 bridgehead atoms. The number of hydrogen-bond acceptors (Lipinski definition) is 4. The monoisotopic (exact) mass is 220 g/mol. The van der Waals surface area contributed by atoms with E-state index in [1.165, 1.54) is 0 Å². The molecule has 1 aromatic rings. The van der Waals surface area contributed by atoms with Crippen molar-refractivity contribution in [2.45, 2.75) is 26.4 Å². The molecule has 0 aromatic carbocycles. The molecule has 0 aliphatic carbocycles. The number of hydrogen-bond donors (Lipinski definition) is 0. The van der Waals surface area contributed by atoms with E-state index in [-0.39, 0.29) is 5.60 Å². The Morgan fingerprint density at radius 2 is 2.38 bits per heavy atom. The maximum absolute atomic E-state index is 5.24. The Labute approximate surface area is 95.3 Å². The minimum Gasteiger partial charge on any atom is -0.392 e. The van der Waals surface area contributed by atoms with Gasteiger partial charge < -0.3 is 9.57 Å². The maximum Gasteiger partial charge on any atom is 0.148 e. The third-order valence-corrected chi connectivity index (χ3v) is 2.47. The number of nitrogens with zero attached hydrogens (tertiary/aromatic N) is 2. The van der Waals surface area contributed by atoms with Gasteiger partial charge in [0.2, 0.25) is 0 Å². The summed E-state index contributed by atoms with van der Waals surface area (Å²) in [5, 5.41) is 4.04. The van der Waals surface area contributed by atoms with Crippen LogP contribution in [-0.2, 0) is 9.57 Å². The van der Waals surface area contributed by atoms with Gasteiger partial charge in [0.05, 0.1) is 12.3 Å². The van der Waals surface area contributed by atoms with Gasteiger partial charge in [-0.2, -0.15) is 0 Å². The van der Waals surface area contributed by atoms with Crippen molar-refractivity contribution in [2.75, 3.05) is 13.2 Å². The van der Waals surface area contributed by atoms with Crippen LogP contribution in [0.2, 0.25) is 0 Å². The molecule has 0 radical (unpaired) electrons. The predicted molar refractivity (Wildman–Crippen MR) is 61.5 cm³/mol. The maximum atomic E-state index is 5.24. The van der Waals surface area contributed by atoms with Gasteiger partial charge in [0.15, 0.2) is 0 Å². The fourth-order valence-corrected chi connectivity index (χ4v) is 1.26. The average molecular weight is 220 g/mol. The molecule has 1 saturated heterocycles. The van der Waals surface area contributed by atoms with Crippen LogP contribution in [0.1, 0.15) is 25.2 Å². The van der Waals surface area contributed by atoms with Crippen molar-refractivity contribution >= 4 is 5.71 Å². The lowest BCUT2D eigenvalue weighted by molar-refractivity contribution is 0.0916. The van der Waals surface area contributed by atoms with Crippen LogP contribution >= 0.6 is 0 Å². The van der Waals surface area contributed by atoms with Crippen LogP contribution in [0.5, 0.6) is 0 Å². The molecule has 1 aromatic heterocycles. The van der Waals surface area contributed by atoms with E-state index in [4.69, 9.17) is 9.57 Å². The quantitative estimate of drug-likeness (QED) is 0.442. The highest BCUT2D eigenvalue weighted by atomic mass is 16.7. The van der Waals surface area contributed by atoms with E-state index in [2.05, 4.69) is 10.1 Å². The van der Waals surface area contributed by atoms with Crippen molar-refractivity contribution in [1.82, 2.24) is 4.98 Å². The molecule has 1 aliphatic heterocycles. The zero-order valence-electron chi connectivity index (χ0n) is 9.86. The lowest BCUT2D eigenvalue weighted by atomic mass is 10.2. The highest BCUT2D eigenvalue weighted by molar-refractivity contribution is 5.96. The van der Waals surface area contributed by atoms with Gasteiger partial charge in [-0.15, -0.1) is 0 Å². The van der Waals surface area contributed by atoms with Crippen molar-refractivity contribution in [3.8, 4) is 0 Å². The molecule has 0 saturated carbocycles. The van der Waals surface area contributed by atoms with Crippen molar-refractivity contribution < 1.29 is 9.57 Å². The lowest BCUT2D eigenvalue weighted by Gasteiger charge is -2.04. The first-order valence-electron chi connectivity index (χ1n) is 5.34. The van der Waals surface area contributed by atoms with Gasteiger partial charge in [0, 0.05) is 5.69 Å². The zero-order valence-corrected chi connectivity index (χ0v) is 9.86. The van der Waals surface area contributed by atoms with Crippen molar-refractivity contribution in [3.63, 3.8) is 0 Å². The van der Waals surface area contributed by atoms with E-state index in [1.54, 1.807) is 0 Å². The molecule has 2 heterocycles. The standard InChI is InChI=1S/C12H16N2O2/c1-9-5-4-6-11(13-9)10(2)14-16-8-12(3)7-15-12/h4-6H,7-8H2,1-3H3. The van der Waals surface area contributed by atoms with Crippen LogP contribution < -0.4 is 0 Å². The molecular weight excluding hydrogens is 204 g/mol. The number of epoxide rings is 1. The minimum absolute atomic E-state index is 0.121. The Morgan fingerprint density at radius 1 is 1.62 bits per heavy atom. The van der Waals surface area contributed by atoms with Gasteiger partial charge in [-0.1, -0.05) is 11.2 Å². The number of aryl methyl sites for hydroxylation is 1. The van der Waals surface area contributed by atoms with Crippen LogP contribution in [-0.4, -0.2) is 29.5 Å². The molecule has 4 heteroatoms. The van der Waals surface area contributed by atoms with Gasteiger partial charge in [0.25, 0.3) is 0 Å². The van der Waals surface area contributed by atoms with Gasteiger partial charge in [0.1, 0.15) is 17.9 Å². The topological polar surface area (TPSA) is 47.0 Å². The molecule has 1 atom stereocenters. The molecule has 1 fully saturated rings. The summed E-state index contributed by atoms with van der Waals surface area (Å²) < 4.78 is 5.19. The molecule has 1 unspecified atom stereocenters. The summed E-state index contributed by atoms with van der Waals surface area (Å²) in [6.07, 6.45) is 0. The van der Waals surface area contributed by atoms with Gasteiger partial charge in [-0.3, -0.25) is 4.98 Å².